The molecule has 0 saturated heterocycles. The zero-order chi connectivity index (χ0) is 14.0. The van der Waals surface area contributed by atoms with Crippen molar-refractivity contribution in [3.05, 3.63) is 29.8 Å². The third-order valence-corrected chi connectivity index (χ3v) is 4.09. The minimum absolute atomic E-state index is 0.00513. The molecule has 0 atom stereocenters. The lowest BCUT2D eigenvalue weighted by atomic mass is 9.81. The zero-order valence-electron chi connectivity index (χ0n) is 11.6. The fourth-order valence-electron chi connectivity index (χ4n) is 2.89. The van der Waals surface area contributed by atoms with Crippen molar-refractivity contribution in [3.63, 3.8) is 0 Å². The van der Waals surface area contributed by atoms with Gasteiger partial charge in [0.05, 0.1) is 7.11 Å². The highest BCUT2D eigenvalue weighted by Gasteiger charge is 2.42. The van der Waals surface area contributed by atoms with E-state index in [1.165, 1.54) is 6.42 Å². The smallest absolute Gasteiger partial charge is 0.266 e. The monoisotopic (exact) mass is 273 g/mol. The van der Waals surface area contributed by atoms with Gasteiger partial charge in [-0.1, -0.05) is 19.3 Å². The Morgan fingerprint density at radius 2 is 1.80 bits per heavy atom. The fourth-order valence-corrected chi connectivity index (χ4v) is 2.89. The van der Waals surface area contributed by atoms with Crippen molar-refractivity contribution in [1.29, 1.82) is 0 Å². The van der Waals surface area contributed by atoms with Gasteiger partial charge in [-0.3, -0.25) is 15.6 Å². The first-order valence-electron chi connectivity index (χ1n) is 7.04. The number of amidine groups is 1. The van der Waals surface area contributed by atoms with E-state index >= 15 is 0 Å². The molecule has 3 rings (SSSR count). The maximum absolute atomic E-state index is 12.1. The number of nitrogens with one attached hydrogen (secondary N) is 2. The molecular formula is C15H19N3O2. The molecule has 0 radical (unpaired) electrons. The van der Waals surface area contributed by atoms with Crippen LogP contribution in [0, 0.1) is 0 Å². The Bertz CT molecular complexity index is 531. The van der Waals surface area contributed by atoms with Gasteiger partial charge in [0.2, 0.25) is 0 Å². The molecular weight excluding hydrogens is 254 g/mol. The van der Waals surface area contributed by atoms with Crippen LogP contribution in [0.1, 0.15) is 37.7 Å². The average molecular weight is 273 g/mol. The topological polar surface area (TPSA) is 62.7 Å². The van der Waals surface area contributed by atoms with Crippen LogP contribution in [0.25, 0.3) is 0 Å². The summed E-state index contributed by atoms with van der Waals surface area (Å²) in [6.45, 7) is 0. The molecule has 5 nitrogen and oxygen atoms in total. The van der Waals surface area contributed by atoms with Crippen molar-refractivity contribution in [1.82, 2.24) is 10.9 Å². The predicted octanol–water partition coefficient (Wildman–Crippen LogP) is 1.78. The largest absolute Gasteiger partial charge is 0.497 e. The number of hydrogen-bond acceptors (Lipinski definition) is 4. The van der Waals surface area contributed by atoms with Crippen LogP contribution in [0.15, 0.2) is 29.3 Å². The zero-order valence-corrected chi connectivity index (χ0v) is 11.6. The van der Waals surface area contributed by atoms with E-state index in [0.717, 1.165) is 42.8 Å². The quantitative estimate of drug-likeness (QED) is 0.863. The van der Waals surface area contributed by atoms with Crippen molar-refractivity contribution < 1.29 is 9.53 Å². The first-order valence-corrected chi connectivity index (χ1v) is 7.04. The van der Waals surface area contributed by atoms with Gasteiger partial charge >= 0.3 is 0 Å². The SMILES string of the molecule is COc1ccc(C2=NC3(CCCCC3)C(=O)NN2)cc1. The Morgan fingerprint density at radius 1 is 1.10 bits per heavy atom. The van der Waals surface area contributed by atoms with E-state index in [9.17, 15) is 4.79 Å². The number of ether oxygens (including phenoxy) is 1. The van der Waals surface area contributed by atoms with Gasteiger partial charge in [-0.25, -0.2) is 4.99 Å². The molecule has 20 heavy (non-hydrogen) atoms. The van der Waals surface area contributed by atoms with Gasteiger partial charge in [-0.2, -0.15) is 0 Å². The fraction of sp³-hybridized carbons (Fsp3) is 0.467. The summed E-state index contributed by atoms with van der Waals surface area (Å²) in [4.78, 5) is 16.9. The van der Waals surface area contributed by atoms with Crippen molar-refractivity contribution >= 4 is 11.7 Å². The molecule has 1 amide bonds. The summed E-state index contributed by atoms with van der Waals surface area (Å²) in [5.41, 5.74) is 6.06. The highest BCUT2D eigenvalue weighted by molar-refractivity contribution is 6.04. The number of carbonyl (C=O) groups excluding carboxylic acids is 1. The van der Waals surface area contributed by atoms with E-state index in [2.05, 4.69) is 10.9 Å². The summed E-state index contributed by atoms with van der Waals surface area (Å²) in [5.74, 6) is 1.53. The van der Waals surface area contributed by atoms with Gasteiger partial charge in [0.1, 0.15) is 17.1 Å². The molecule has 1 fully saturated rings. The van der Waals surface area contributed by atoms with Gasteiger partial charge < -0.3 is 4.74 Å². The van der Waals surface area contributed by atoms with Crippen LogP contribution in [0.5, 0.6) is 5.75 Å². The standard InChI is InChI=1S/C15H19N3O2/c1-20-12-7-5-11(6-8-12)13-16-15(14(19)18-17-13)9-3-2-4-10-15/h5-8H,2-4,9-10H2,1H3,(H,16,17)(H,18,19). The molecule has 1 aromatic carbocycles. The molecule has 1 aromatic rings. The van der Waals surface area contributed by atoms with Crippen LogP contribution in [0.4, 0.5) is 0 Å². The Hall–Kier alpha value is -2.04. The maximum Gasteiger partial charge on any atom is 0.266 e. The molecule has 1 aliphatic heterocycles. The molecule has 2 N–H and O–H groups in total. The summed E-state index contributed by atoms with van der Waals surface area (Å²) < 4.78 is 5.15. The van der Waals surface area contributed by atoms with Crippen LogP contribution in [0.2, 0.25) is 0 Å². The van der Waals surface area contributed by atoms with Crippen LogP contribution in [-0.4, -0.2) is 24.4 Å². The molecule has 0 aromatic heterocycles. The number of carbonyl (C=O) groups is 1. The molecule has 2 aliphatic rings. The maximum atomic E-state index is 12.1. The normalized spacial score (nSPS) is 20.9. The van der Waals surface area contributed by atoms with Crippen LogP contribution < -0.4 is 15.6 Å². The van der Waals surface area contributed by atoms with E-state index in [0.29, 0.717) is 0 Å². The number of methoxy groups -OCH3 is 1. The third-order valence-electron chi connectivity index (χ3n) is 4.09. The number of benzene rings is 1. The minimum atomic E-state index is -0.571. The number of hydrogen-bond donors (Lipinski definition) is 2. The van der Waals surface area contributed by atoms with E-state index in [4.69, 9.17) is 9.73 Å². The first-order chi connectivity index (χ1) is 9.73. The predicted molar refractivity (Wildman–Crippen MR) is 76.6 cm³/mol. The summed E-state index contributed by atoms with van der Waals surface area (Å²) in [5, 5.41) is 0. The van der Waals surface area contributed by atoms with Crippen molar-refractivity contribution in [2.45, 2.75) is 37.6 Å². The number of nitrogens with zero attached hydrogens (tertiary/aromatic N) is 1. The molecule has 1 saturated carbocycles. The molecule has 0 bridgehead atoms. The molecule has 5 heteroatoms. The Morgan fingerprint density at radius 3 is 2.45 bits per heavy atom. The van der Waals surface area contributed by atoms with E-state index in [1.54, 1.807) is 7.11 Å². The molecule has 106 valence electrons. The number of rotatable bonds is 2. The number of hydrazine groups is 1. The van der Waals surface area contributed by atoms with E-state index in [1.807, 2.05) is 24.3 Å². The first kappa shape index (κ1) is 13.0. The number of aliphatic imine (C=N–C) groups is 1. The summed E-state index contributed by atoms with van der Waals surface area (Å²) in [6, 6.07) is 7.67. The van der Waals surface area contributed by atoms with Gasteiger partial charge in [-0.15, -0.1) is 0 Å². The van der Waals surface area contributed by atoms with Crippen molar-refractivity contribution in [2.24, 2.45) is 4.99 Å². The van der Waals surface area contributed by atoms with Crippen molar-refractivity contribution in [3.8, 4) is 5.75 Å². The lowest BCUT2D eigenvalue weighted by molar-refractivity contribution is -0.128. The lowest BCUT2D eigenvalue weighted by Gasteiger charge is -2.36. The second-order valence-electron chi connectivity index (χ2n) is 5.36. The van der Waals surface area contributed by atoms with Crippen LogP contribution in [0.3, 0.4) is 0 Å². The molecule has 0 unspecified atom stereocenters. The molecule has 1 spiro atoms. The molecule has 1 heterocycles. The second kappa shape index (κ2) is 5.15. The Labute approximate surface area is 118 Å². The summed E-state index contributed by atoms with van der Waals surface area (Å²) in [6.07, 6.45) is 4.98. The van der Waals surface area contributed by atoms with E-state index < -0.39 is 5.54 Å². The van der Waals surface area contributed by atoms with Gasteiger partial charge in [-0.05, 0) is 37.1 Å². The van der Waals surface area contributed by atoms with Crippen LogP contribution >= 0.6 is 0 Å². The molecule has 1 aliphatic carbocycles. The highest BCUT2D eigenvalue weighted by atomic mass is 16.5. The number of amides is 1. The third kappa shape index (κ3) is 2.24. The average Bonchev–Trinajstić information content (AvgIpc) is 2.51. The summed E-state index contributed by atoms with van der Waals surface area (Å²) >= 11 is 0. The Balaban J connectivity index is 1.91. The van der Waals surface area contributed by atoms with Crippen molar-refractivity contribution in [2.75, 3.05) is 7.11 Å². The van der Waals surface area contributed by atoms with Gasteiger partial charge in [0.15, 0.2) is 0 Å². The Kier molecular flexibility index (Phi) is 3.34. The minimum Gasteiger partial charge on any atom is -0.497 e. The van der Waals surface area contributed by atoms with Gasteiger partial charge in [0.25, 0.3) is 5.91 Å². The summed E-state index contributed by atoms with van der Waals surface area (Å²) in [7, 11) is 1.64. The van der Waals surface area contributed by atoms with Crippen LogP contribution in [-0.2, 0) is 4.79 Å². The van der Waals surface area contributed by atoms with E-state index in [-0.39, 0.29) is 5.91 Å². The van der Waals surface area contributed by atoms with Gasteiger partial charge in [0, 0.05) is 5.56 Å². The highest BCUT2D eigenvalue weighted by Crippen LogP contribution is 2.33. The lowest BCUT2D eigenvalue weighted by Crippen LogP contribution is -2.58. The second-order valence-corrected chi connectivity index (χ2v) is 5.36.